The first-order chi connectivity index (χ1) is 14.5. The molecule has 3 aromatic rings. The predicted molar refractivity (Wildman–Crippen MR) is 110 cm³/mol. The van der Waals surface area contributed by atoms with Gasteiger partial charge in [0.05, 0.1) is 13.2 Å². The van der Waals surface area contributed by atoms with Crippen molar-refractivity contribution < 1.29 is 23.6 Å². The number of rotatable bonds is 7. The first-order valence-corrected chi connectivity index (χ1v) is 9.43. The van der Waals surface area contributed by atoms with Gasteiger partial charge in [-0.15, -0.1) is 0 Å². The second-order valence-electron chi connectivity index (χ2n) is 6.06. The molecule has 3 rings (SSSR count). The van der Waals surface area contributed by atoms with Crippen LogP contribution in [0.2, 0.25) is 5.02 Å². The molecular weight excluding hydrogens is 410 g/mol. The van der Waals surface area contributed by atoms with E-state index < -0.39 is 17.8 Å². The highest BCUT2D eigenvalue weighted by molar-refractivity contribution is 6.30. The Kier molecular flexibility index (Phi) is 6.82. The van der Waals surface area contributed by atoms with Crippen molar-refractivity contribution in [3.8, 4) is 11.3 Å². The van der Waals surface area contributed by atoms with E-state index in [-0.39, 0.29) is 30.3 Å². The van der Waals surface area contributed by atoms with E-state index >= 15 is 0 Å². The number of carbonyl (C=O) groups is 3. The van der Waals surface area contributed by atoms with E-state index in [9.17, 15) is 14.4 Å². The molecule has 8 nitrogen and oxygen atoms in total. The quantitative estimate of drug-likeness (QED) is 0.558. The largest absolute Gasteiger partial charge is 0.462 e. The second kappa shape index (κ2) is 9.71. The fourth-order valence-corrected chi connectivity index (χ4v) is 2.72. The maximum Gasteiger partial charge on any atom is 0.346 e. The topological polar surface area (TPSA) is 111 Å². The molecule has 2 N–H and O–H groups in total. The van der Waals surface area contributed by atoms with Crippen molar-refractivity contribution in [1.82, 2.24) is 10.5 Å². The summed E-state index contributed by atoms with van der Waals surface area (Å²) in [6.45, 7) is 1.46. The van der Waals surface area contributed by atoms with Crippen LogP contribution in [0.3, 0.4) is 0 Å². The van der Waals surface area contributed by atoms with Gasteiger partial charge in [-0.05, 0) is 31.2 Å². The van der Waals surface area contributed by atoms with Gasteiger partial charge in [-0.1, -0.05) is 47.1 Å². The third-order valence-electron chi connectivity index (χ3n) is 3.99. The summed E-state index contributed by atoms with van der Waals surface area (Å²) < 4.78 is 10.2. The number of hydrogen-bond acceptors (Lipinski definition) is 6. The first-order valence-electron chi connectivity index (χ1n) is 9.05. The Hall–Kier alpha value is -3.65. The standard InChI is InChI=1S/C21H18ClN3O5/c1-2-29-21(28)17-18(13-8-10-15(22)11-9-13)25-30-20(17)24-16(26)12-23-19(27)14-6-4-3-5-7-14/h3-11H,2,12H2,1H3,(H,23,27)(H,24,26). The van der Waals surface area contributed by atoms with E-state index in [4.69, 9.17) is 20.9 Å². The molecule has 0 aliphatic carbocycles. The summed E-state index contributed by atoms with van der Waals surface area (Å²) in [6.07, 6.45) is 0. The Morgan fingerprint density at radius 3 is 2.43 bits per heavy atom. The molecule has 0 radical (unpaired) electrons. The van der Waals surface area contributed by atoms with Crippen LogP contribution in [0.4, 0.5) is 5.88 Å². The van der Waals surface area contributed by atoms with Gasteiger partial charge in [0.1, 0.15) is 5.69 Å². The van der Waals surface area contributed by atoms with E-state index in [0.717, 1.165) is 0 Å². The molecule has 30 heavy (non-hydrogen) atoms. The summed E-state index contributed by atoms with van der Waals surface area (Å²) in [7, 11) is 0. The Labute approximate surface area is 177 Å². The summed E-state index contributed by atoms with van der Waals surface area (Å²) >= 11 is 5.90. The van der Waals surface area contributed by atoms with E-state index in [2.05, 4.69) is 15.8 Å². The van der Waals surface area contributed by atoms with Crippen molar-refractivity contribution in [2.24, 2.45) is 0 Å². The Balaban J connectivity index is 1.76. The minimum atomic E-state index is -0.702. The van der Waals surface area contributed by atoms with Crippen LogP contribution >= 0.6 is 11.6 Å². The molecule has 0 unspecified atom stereocenters. The van der Waals surface area contributed by atoms with E-state index in [1.807, 2.05) is 0 Å². The van der Waals surface area contributed by atoms with Crippen LogP contribution in [-0.2, 0) is 9.53 Å². The number of esters is 1. The minimum absolute atomic E-state index is 0.0260. The van der Waals surface area contributed by atoms with Crippen LogP contribution < -0.4 is 10.6 Å². The van der Waals surface area contributed by atoms with Gasteiger partial charge in [-0.2, -0.15) is 0 Å². The number of amides is 2. The molecule has 0 saturated carbocycles. The van der Waals surface area contributed by atoms with Crippen molar-refractivity contribution in [1.29, 1.82) is 0 Å². The van der Waals surface area contributed by atoms with Gasteiger partial charge in [-0.25, -0.2) is 4.79 Å². The summed E-state index contributed by atoms with van der Waals surface area (Å²) in [6, 6.07) is 15.1. The summed E-state index contributed by atoms with van der Waals surface area (Å²) in [5.74, 6) is -1.87. The van der Waals surface area contributed by atoms with Crippen LogP contribution in [0.1, 0.15) is 27.6 Å². The van der Waals surface area contributed by atoms with Crippen molar-refractivity contribution in [2.45, 2.75) is 6.92 Å². The van der Waals surface area contributed by atoms with Crippen molar-refractivity contribution in [3.05, 3.63) is 70.7 Å². The number of benzene rings is 2. The van der Waals surface area contributed by atoms with Gasteiger partial charge in [0.2, 0.25) is 11.8 Å². The highest BCUT2D eigenvalue weighted by Crippen LogP contribution is 2.30. The fourth-order valence-electron chi connectivity index (χ4n) is 2.60. The molecule has 9 heteroatoms. The van der Waals surface area contributed by atoms with Crippen LogP contribution in [0.25, 0.3) is 11.3 Å². The summed E-state index contributed by atoms with van der Waals surface area (Å²) in [5, 5.41) is 9.35. The molecule has 1 heterocycles. The maximum atomic E-state index is 12.5. The average molecular weight is 428 g/mol. The van der Waals surface area contributed by atoms with Gasteiger partial charge in [0.25, 0.3) is 5.91 Å². The molecule has 0 aliphatic heterocycles. The minimum Gasteiger partial charge on any atom is -0.462 e. The molecule has 0 aliphatic rings. The van der Waals surface area contributed by atoms with Gasteiger partial charge in [0.15, 0.2) is 5.56 Å². The van der Waals surface area contributed by atoms with Crippen LogP contribution in [-0.4, -0.2) is 36.1 Å². The van der Waals surface area contributed by atoms with Crippen LogP contribution in [0, 0.1) is 0 Å². The normalized spacial score (nSPS) is 10.3. The van der Waals surface area contributed by atoms with Gasteiger partial charge in [-0.3, -0.25) is 14.9 Å². The second-order valence-corrected chi connectivity index (χ2v) is 6.50. The number of anilines is 1. The molecule has 0 atom stereocenters. The molecule has 2 amide bonds. The lowest BCUT2D eigenvalue weighted by molar-refractivity contribution is -0.115. The Bertz CT molecular complexity index is 1050. The molecule has 0 spiro atoms. The monoisotopic (exact) mass is 427 g/mol. The number of aromatic nitrogens is 1. The van der Waals surface area contributed by atoms with E-state index in [1.165, 1.54) is 0 Å². The van der Waals surface area contributed by atoms with Crippen LogP contribution in [0.5, 0.6) is 0 Å². The third kappa shape index (κ3) is 5.03. The number of ether oxygens (including phenoxy) is 1. The third-order valence-corrected chi connectivity index (χ3v) is 4.24. The fraction of sp³-hybridized carbons (Fsp3) is 0.143. The first kappa shape index (κ1) is 21.1. The predicted octanol–water partition coefficient (Wildman–Crippen LogP) is 3.54. The van der Waals surface area contributed by atoms with E-state index in [0.29, 0.717) is 16.1 Å². The number of halogens is 1. The molecule has 0 bridgehead atoms. The molecule has 2 aromatic carbocycles. The number of carbonyl (C=O) groups excluding carboxylic acids is 3. The smallest absolute Gasteiger partial charge is 0.346 e. The SMILES string of the molecule is CCOC(=O)c1c(-c2ccc(Cl)cc2)noc1NC(=O)CNC(=O)c1ccccc1. The van der Waals surface area contributed by atoms with E-state index in [1.54, 1.807) is 61.5 Å². The number of nitrogens with zero attached hydrogens (tertiary/aromatic N) is 1. The Morgan fingerprint density at radius 2 is 1.77 bits per heavy atom. The highest BCUT2D eigenvalue weighted by Gasteiger charge is 2.26. The molecule has 154 valence electrons. The average Bonchev–Trinajstić information content (AvgIpc) is 3.17. The van der Waals surface area contributed by atoms with Gasteiger partial charge in [0, 0.05) is 16.1 Å². The zero-order valence-corrected chi connectivity index (χ0v) is 16.7. The highest BCUT2D eigenvalue weighted by atomic mass is 35.5. The zero-order chi connectivity index (χ0) is 21.5. The zero-order valence-electron chi connectivity index (χ0n) is 16.0. The summed E-state index contributed by atoms with van der Waals surface area (Å²) in [5.41, 5.74) is 1.15. The van der Waals surface area contributed by atoms with Gasteiger partial charge < -0.3 is 14.6 Å². The lowest BCUT2D eigenvalue weighted by atomic mass is 10.1. The Morgan fingerprint density at radius 1 is 1.07 bits per heavy atom. The lowest BCUT2D eigenvalue weighted by Gasteiger charge is -2.07. The molecule has 0 saturated heterocycles. The molecule has 1 aromatic heterocycles. The maximum absolute atomic E-state index is 12.5. The van der Waals surface area contributed by atoms with Crippen LogP contribution in [0.15, 0.2) is 59.1 Å². The van der Waals surface area contributed by atoms with Crippen molar-refractivity contribution in [2.75, 3.05) is 18.5 Å². The number of nitrogens with one attached hydrogen (secondary N) is 2. The molecule has 0 fully saturated rings. The van der Waals surface area contributed by atoms with Crippen molar-refractivity contribution in [3.63, 3.8) is 0 Å². The molecular formula is C21H18ClN3O5. The van der Waals surface area contributed by atoms with Gasteiger partial charge >= 0.3 is 5.97 Å². The summed E-state index contributed by atoms with van der Waals surface area (Å²) in [4.78, 5) is 36.8. The lowest BCUT2D eigenvalue weighted by Crippen LogP contribution is -2.33. The van der Waals surface area contributed by atoms with Crippen molar-refractivity contribution >= 4 is 35.3 Å². The number of hydrogen-bond donors (Lipinski definition) is 2.